The summed E-state index contributed by atoms with van der Waals surface area (Å²) in [5, 5.41) is 0.426. The third-order valence-electron chi connectivity index (χ3n) is 4.25. The number of carbonyl (C=O) groups excluding carboxylic acids is 1. The molecule has 0 atom stereocenters. The molecule has 0 fully saturated rings. The molecule has 2 heterocycles. The summed E-state index contributed by atoms with van der Waals surface area (Å²) in [5.41, 5.74) is 1.57. The molecule has 5 nitrogen and oxygen atoms in total. The van der Waals surface area contributed by atoms with Crippen LogP contribution in [-0.2, 0) is 4.79 Å². The highest BCUT2D eigenvalue weighted by Crippen LogP contribution is 2.26. The van der Waals surface area contributed by atoms with Crippen LogP contribution in [0.25, 0.3) is 28.2 Å². The monoisotopic (exact) mass is 372 g/mol. The van der Waals surface area contributed by atoms with E-state index in [4.69, 9.17) is 13.6 Å². The third-order valence-corrected chi connectivity index (χ3v) is 4.25. The van der Waals surface area contributed by atoms with Crippen LogP contribution in [0.4, 0.5) is 0 Å². The number of hydrogen-bond acceptors (Lipinski definition) is 5. The molecule has 0 bridgehead atoms. The fourth-order valence-corrected chi connectivity index (χ4v) is 2.97. The van der Waals surface area contributed by atoms with E-state index in [0.717, 1.165) is 5.56 Å². The molecule has 0 aliphatic carbocycles. The van der Waals surface area contributed by atoms with Crippen molar-refractivity contribution in [3.05, 3.63) is 94.7 Å². The molecule has 0 aliphatic rings. The Morgan fingerprint density at radius 1 is 1.04 bits per heavy atom. The van der Waals surface area contributed by atoms with Gasteiger partial charge in [-0.05, 0) is 42.8 Å². The van der Waals surface area contributed by atoms with E-state index in [-0.39, 0.29) is 11.2 Å². The van der Waals surface area contributed by atoms with Gasteiger partial charge in [-0.15, -0.1) is 0 Å². The van der Waals surface area contributed by atoms with Crippen molar-refractivity contribution in [2.75, 3.05) is 0 Å². The van der Waals surface area contributed by atoms with E-state index in [1.807, 2.05) is 30.3 Å². The van der Waals surface area contributed by atoms with E-state index in [1.165, 1.54) is 24.5 Å². The van der Waals surface area contributed by atoms with Gasteiger partial charge in [-0.3, -0.25) is 4.79 Å². The second kappa shape index (κ2) is 7.40. The Balaban J connectivity index is 1.65. The first-order valence-electron chi connectivity index (χ1n) is 8.68. The highest BCUT2D eigenvalue weighted by molar-refractivity contribution is 5.89. The lowest BCUT2D eigenvalue weighted by atomic mass is 10.0. The molecule has 28 heavy (non-hydrogen) atoms. The average Bonchev–Trinajstić information content (AvgIpc) is 3.21. The third kappa shape index (κ3) is 3.50. The molecule has 2 aromatic heterocycles. The minimum Gasteiger partial charge on any atom is -0.465 e. The number of ether oxygens (including phenoxy) is 1. The van der Waals surface area contributed by atoms with Crippen molar-refractivity contribution in [3.63, 3.8) is 0 Å². The zero-order chi connectivity index (χ0) is 19.5. The van der Waals surface area contributed by atoms with Crippen molar-refractivity contribution < 1.29 is 18.4 Å². The highest BCUT2D eigenvalue weighted by Gasteiger charge is 2.14. The number of esters is 1. The van der Waals surface area contributed by atoms with Crippen LogP contribution >= 0.6 is 0 Å². The average molecular weight is 372 g/mol. The summed E-state index contributed by atoms with van der Waals surface area (Å²) in [7, 11) is 0. The molecular weight excluding hydrogens is 356 g/mol. The molecule has 4 rings (SSSR count). The van der Waals surface area contributed by atoms with Gasteiger partial charge in [-0.1, -0.05) is 30.3 Å². The van der Waals surface area contributed by atoms with Crippen molar-refractivity contribution in [3.8, 4) is 16.9 Å². The maximum Gasteiger partial charge on any atom is 0.336 e. The maximum atomic E-state index is 12.9. The quantitative estimate of drug-likeness (QED) is 0.287. The minimum absolute atomic E-state index is 0.124. The predicted octanol–water partition coefficient (Wildman–Crippen LogP) is 4.98. The zero-order valence-electron chi connectivity index (χ0n) is 15.0. The van der Waals surface area contributed by atoms with E-state index in [9.17, 15) is 9.59 Å². The molecule has 0 N–H and O–H groups in total. The van der Waals surface area contributed by atoms with Gasteiger partial charge in [0.15, 0.2) is 0 Å². The van der Waals surface area contributed by atoms with Gasteiger partial charge in [0.1, 0.15) is 22.9 Å². The van der Waals surface area contributed by atoms with Gasteiger partial charge in [0.2, 0.25) is 5.43 Å². The summed E-state index contributed by atoms with van der Waals surface area (Å²) in [6.07, 6.45) is 4.30. The largest absolute Gasteiger partial charge is 0.465 e. The van der Waals surface area contributed by atoms with E-state index < -0.39 is 5.97 Å². The van der Waals surface area contributed by atoms with Crippen LogP contribution in [-0.4, -0.2) is 5.97 Å². The normalized spacial score (nSPS) is 11.2. The first-order valence-corrected chi connectivity index (χ1v) is 8.68. The van der Waals surface area contributed by atoms with E-state index >= 15 is 0 Å². The molecule has 0 unspecified atom stereocenters. The molecule has 0 amide bonds. The summed E-state index contributed by atoms with van der Waals surface area (Å²) in [4.78, 5) is 24.9. The fraction of sp³-hybridized carbons (Fsp3) is 0.0435. The SMILES string of the molecule is Cc1oc2cc(OC(=O)/C=C/c3ccco3)ccc2c(=O)c1-c1ccccc1. The number of aryl methyl sites for hydroxylation is 1. The second-order valence-corrected chi connectivity index (χ2v) is 6.16. The number of carbonyl (C=O) groups is 1. The topological polar surface area (TPSA) is 69.7 Å². The van der Waals surface area contributed by atoms with E-state index in [2.05, 4.69) is 0 Å². The van der Waals surface area contributed by atoms with Crippen molar-refractivity contribution >= 4 is 23.0 Å². The summed E-state index contributed by atoms with van der Waals surface area (Å²) in [6, 6.07) is 17.5. The number of rotatable bonds is 4. The molecule has 4 aromatic rings. The van der Waals surface area contributed by atoms with Gasteiger partial charge in [-0.25, -0.2) is 4.79 Å². The Hall–Kier alpha value is -3.86. The van der Waals surface area contributed by atoms with Crippen LogP contribution in [0.2, 0.25) is 0 Å². The maximum absolute atomic E-state index is 12.9. The summed E-state index contributed by atoms with van der Waals surface area (Å²) < 4.78 is 16.3. The Kier molecular flexibility index (Phi) is 4.64. The van der Waals surface area contributed by atoms with Crippen molar-refractivity contribution in [2.24, 2.45) is 0 Å². The predicted molar refractivity (Wildman–Crippen MR) is 106 cm³/mol. The number of benzene rings is 2. The summed E-state index contributed by atoms with van der Waals surface area (Å²) >= 11 is 0. The van der Waals surface area contributed by atoms with Gasteiger partial charge < -0.3 is 13.6 Å². The fourth-order valence-electron chi connectivity index (χ4n) is 2.97. The van der Waals surface area contributed by atoms with Crippen LogP contribution in [0.15, 0.2) is 86.6 Å². The van der Waals surface area contributed by atoms with E-state index in [1.54, 1.807) is 31.2 Å². The molecule has 0 saturated carbocycles. The van der Waals surface area contributed by atoms with Crippen LogP contribution in [0.3, 0.4) is 0 Å². The number of furan rings is 1. The number of hydrogen-bond donors (Lipinski definition) is 0. The van der Waals surface area contributed by atoms with Crippen LogP contribution in [0.1, 0.15) is 11.5 Å². The van der Waals surface area contributed by atoms with Gasteiger partial charge in [-0.2, -0.15) is 0 Å². The second-order valence-electron chi connectivity index (χ2n) is 6.16. The zero-order valence-corrected chi connectivity index (χ0v) is 15.0. The Bertz CT molecular complexity index is 1220. The van der Waals surface area contributed by atoms with Gasteiger partial charge in [0.25, 0.3) is 0 Å². The summed E-state index contributed by atoms with van der Waals surface area (Å²) in [5.74, 6) is 0.780. The minimum atomic E-state index is -0.560. The summed E-state index contributed by atoms with van der Waals surface area (Å²) in [6.45, 7) is 1.74. The van der Waals surface area contributed by atoms with Gasteiger partial charge >= 0.3 is 5.97 Å². The molecule has 0 aliphatic heterocycles. The molecule has 0 saturated heterocycles. The number of fused-ring (bicyclic) bond motifs is 1. The molecular formula is C23H16O5. The van der Waals surface area contributed by atoms with Crippen molar-refractivity contribution in [1.29, 1.82) is 0 Å². The molecule has 2 aromatic carbocycles. The smallest absolute Gasteiger partial charge is 0.336 e. The van der Waals surface area contributed by atoms with Crippen LogP contribution in [0.5, 0.6) is 5.75 Å². The lowest BCUT2D eigenvalue weighted by Gasteiger charge is -2.08. The van der Waals surface area contributed by atoms with Crippen LogP contribution < -0.4 is 10.2 Å². The Morgan fingerprint density at radius 2 is 1.86 bits per heavy atom. The molecule has 5 heteroatoms. The molecule has 138 valence electrons. The first kappa shape index (κ1) is 17.5. The van der Waals surface area contributed by atoms with E-state index in [0.29, 0.717) is 28.1 Å². The van der Waals surface area contributed by atoms with Gasteiger partial charge in [0.05, 0.1) is 17.2 Å². The molecule has 0 radical (unpaired) electrons. The lowest BCUT2D eigenvalue weighted by Crippen LogP contribution is -2.08. The van der Waals surface area contributed by atoms with Gasteiger partial charge in [0, 0.05) is 12.1 Å². The first-order chi connectivity index (χ1) is 13.6. The van der Waals surface area contributed by atoms with Crippen LogP contribution in [0, 0.1) is 6.92 Å². The highest BCUT2D eigenvalue weighted by atomic mass is 16.5. The Labute approximate surface area is 160 Å². The Morgan fingerprint density at radius 3 is 2.61 bits per heavy atom. The standard InChI is InChI=1S/C23H16O5/c1-15-22(16-6-3-2-4-7-16)23(25)19-11-9-18(14-20(19)27-15)28-21(24)12-10-17-8-5-13-26-17/h2-14H,1H3/b12-10+. The van der Waals surface area contributed by atoms with Crippen molar-refractivity contribution in [1.82, 2.24) is 0 Å². The van der Waals surface area contributed by atoms with Crippen molar-refractivity contribution in [2.45, 2.75) is 6.92 Å². The molecule has 0 spiro atoms. The lowest BCUT2D eigenvalue weighted by molar-refractivity contribution is -0.128.